The molecule has 2 nitrogen and oxygen atoms in total. The fraction of sp³-hybridized carbons (Fsp3) is 0.647. The molecule has 0 heterocycles. The van der Waals surface area contributed by atoms with Gasteiger partial charge in [-0.15, -0.1) is 0 Å². The van der Waals surface area contributed by atoms with Gasteiger partial charge in [0.1, 0.15) is 5.75 Å². The lowest BCUT2D eigenvalue weighted by molar-refractivity contribution is 0.272. The highest BCUT2D eigenvalue weighted by molar-refractivity contribution is 5.50. The van der Waals surface area contributed by atoms with Crippen LogP contribution in [0.15, 0.2) is 12.1 Å². The summed E-state index contributed by atoms with van der Waals surface area (Å²) in [5, 5.41) is 20.0. The fourth-order valence-electron chi connectivity index (χ4n) is 2.19. The Kier molecular flexibility index (Phi) is 4.36. The number of hydrogen-bond acceptors (Lipinski definition) is 2. The highest BCUT2D eigenvalue weighted by atomic mass is 16.3. The van der Waals surface area contributed by atoms with E-state index in [4.69, 9.17) is 0 Å². The van der Waals surface area contributed by atoms with Crippen LogP contribution < -0.4 is 0 Å². The molecule has 0 amide bonds. The summed E-state index contributed by atoms with van der Waals surface area (Å²) < 4.78 is 0. The summed E-state index contributed by atoms with van der Waals surface area (Å²) in [7, 11) is 0. The number of aliphatic hydroxyl groups excluding tert-OH is 1. The van der Waals surface area contributed by atoms with Gasteiger partial charge in [-0.3, -0.25) is 0 Å². The van der Waals surface area contributed by atoms with Crippen molar-refractivity contribution in [1.29, 1.82) is 0 Å². The van der Waals surface area contributed by atoms with Gasteiger partial charge in [0.2, 0.25) is 0 Å². The maximum atomic E-state index is 10.6. The second-order valence-electron chi connectivity index (χ2n) is 7.55. The van der Waals surface area contributed by atoms with Gasteiger partial charge in [0, 0.05) is 12.5 Å². The molecule has 0 fully saturated rings. The third-order valence-corrected chi connectivity index (χ3v) is 3.59. The molecule has 1 aromatic carbocycles. The van der Waals surface area contributed by atoms with E-state index in [1.807, 2.05) is 19.1 Å². The first kappa shape index (κ1) is 16.0. The molecule has 1 atom stereocenters. The monoisotopic (exact) mass is 264 g/mol. The molecule has 108 valence electrons. The van der Waals surface area contributed by atoms with Gasteiger partial charge < -0.3 is 10.2 Å². The minimum Gasteiger partial charge on any atom is -0.507 e. The van der Waals surface area contributed by atoms with Crippen molar-refractivity contribution in [1.82, 2.24) is 0 Å². The van der Waals surface area contributed by atoms with E-state index < -0.39 is 0 Å². The third-order valence-electron chi connectivity index (χ3n) is 3.59. The topological polar surface area (TPSA) is 40.5 Å². The van der Waals surface area contributed by atoms with Crippen LogP contribution in [0.1, 0.15) is 71.1 Å². The Morgan fingerprint density at radius 1 is 0.947 bits per heavy atom. The number of benzene rings is 1. The van der Waals surface area contributed by atoms with Gasteiger partial charge >= 0.3 is 0 Å². The van der Waals surface area contributed by atoms with Crippen molar-refractivity contribution >= 4 is 0 Å². The zero-order chi connectivity index (χ0) is 15.0. The number of phenolic OH excluding ortho intramolecular Hbond substituents is 1. The summed E-state index contributed by atoms with van der Waals surface area (Å²) >= 11 is 0. The Bertz CT molecular complexity index is 412. The van der Waals surface area contributed by atoms with E-state index in [0.717, 1.165) is 16.7 Å². The van der Waals surface area contributed by atoms with E-state index in [0.29, 0.717) is 5.75 Å². The van der Waals surface area contributed by atoms with E-state index in [2.05, 4.69) is 41.5 Å². The minimum absolute atomic E-state index is 0.0859. The van der Waals surface area contributed by atoms with E-state index in [1.165, 1.54) is 0 Å². The molecule has 0 aliphatic rings. The first-order valence-electron chi connectivity index (χ1n) is 6.97. The summed E-state index contributed by atoms with van der Waals surface area (Å²) in [6.45, 7) is 14.7. The highest BCUT2D eigenvalue weighted by Crippen LogP contribution is 2.40. The number of rotatable bonds is 2. The lowest BCUT2D eigenvalue weighted by atomic mass is 9.77. The van der Waals surface area contributed by atoms with Gasteiger partial charge in [-0.2, -0.15) is 0 Å². The summed E-state index contributed by atoms with van der Waals surface area (Å²) in [6, 6.07) is 4.07. The number of aliphatic hydroxyl groups is 1. The van der Waals surface area contributed by atoms with Crippen LogP contribution in [-0.2, 0) is 10.8 Å². The maximum Gasteiger partial charge on any atom is 0.123 e. The predicted molar refractivity (Wildman–Crippen MR) is 81.0 cm³/mol. The molecule has 1 rings (SSSR count). The molecule has 0 aliphatic carbocycles. The van der Waals surface area contributed by atoms with Crippen molar-refractivity contribution in [2.75, 3.05) is 6.61 Å². The van der Waals surface area contributed by atoms with E-state index in [-0.39, 0.29) is 23.4 Å². The zero-order valence-corrected chi connectivity index (χ0v) is 13.3. The Morgan fingerprint density at radius 2 is 1.32 bits per heavy atom. The highest BCUT2D eigenvalue weighted by Gasteiger charge is 2.27. The molecular weight excluding hydrogens is 236 g/mol. The SMILES string of the molecule is CC(CO)c1cc(C(C)(C)C)c(O)c(C(C)(C)C)c1. The molecule has 19 heavy (non-hydrogen) atoms. The number of aromatic hydroxyl groups is 1. The van der Waals surface area contributed by atoms with E-state index >= 15 is 0 Å². The van der Waals surface area contributed by atoms with Gasteiger partial charge in [-0.05, 0) is 27.5 Å². The third kappa shape index (κ3) is 3.50. The largest absolute Gasteiger partial charge is 0.507 e. The zero-order valence-electron chi connectivity index (χ0n) is 13.3. The quantitative estimate of drug-likeness (QED) is 0.845. The van der Waals surface area contributed by atoms with Crippen LogP contribution in [0, 0.1) is 0 Å². The van der Waals surface area contributed by atoms with Crippen LogP contribution in [0.3, 0.4) is 0 Å². The molecule has 0 aliphatic heterocycles. The molecule has 0 spiro atoms. The van der Waals surface area contributed by atoms with Crippen LogP contribution in [0.4, 0.5) is 0 Å². The standard InChI is InChI=1S/C17H28O2/c1-11(10-18)12-8-13(16(2,3)4)15(19)14(9-12)17(5,6)7/h8-9,11,18-19H,10H2,1-7H3. The number of hydrogen-bond donors (Lipinski definition) is 2. The predicted octanol–water partition coefficient (Wildman–Crippen LogP) is 4.08. The van der Waals surface area contributed by atoms with Crippen LogP contribution >= 0.6 is 0 Å². The van der Waals surface area contributed by atoms with Gasteiger partial charge in [0.05, 0.1) is 0 Å². The van der Waals surface area contributed by atoms with Crippen molar-refractivity contribution < 1.29 is 10.2 Å². The molecule has 2 heteroatoms. The summed E-state index contributed by atoms with van der Waals surface area (Å²) in [5.41, 5.74) is 2.77. The number of phenols is 1. The van der Waals surface area contributed by atoms with Crippen molar-refractivity contribution in [2.24, 2.45) is 0 Å². The summed E-state index contributed by atoms with van der Waals surface area (Å²) in [6.07, 6.45) is 0. The normalized spacial score (nSPS) is 14.5. The van der Waals surface area contributed by atoms with Gasteiger partial charge in [0.15, 0.2) is 0 Å². The summed E-state index contributed by atoms with van der Waals surface area (Å²) in [4.78, 5) is 0. The molecule has 2 N–H and O–H groups in total. The van der Waals surface area contributed by atoms with Crippen LogP contribution in [0.5, 0.6) is 5.75 Å². The molecule has 0 aromatic heterocycles. The lowest BCUT2D eigenvalue weighted by Gasteiger charge is -2.29. The Morgan fingerprint density at radius 3 is 1.58 bits per heavy atom. The average Bonchev–Trinajstić information content (AvgIpc) is 2.25. The first-order chi connectivity index (χ1) is 8.48. The van der Waals surface area contributed by atoms with E-state index in [9.17, 15) is 10.2 Å². The Hall–Kier alpha value is -1.02. The smallest absolute Gasteiger partial charge is 0.123 e. The van der Waals surface area contributed by atoms with Crippen LogP contribution in [0.2, 0.25) is 0 Å². The van der Waals surface area contributed by atoms with Crippen LogP contribution in [-0.4, -0.2) is 16.8 Å². The summed E-state index contributed by atoms with van der Waals surface area (Å²) in [5.74, 6) is 0.483. The van der Waals surface area contributed by atoms with E-state index in [1.54, 1.807) is 0 Å². The second-order valence-corrected chi connectivity index (χ2v) is 7.55. The van der Waals surface area contributed by atoms with Crippen molar-refractivity contribution in [2.45, 2.75) is 65.2 Å². The molecular formula is C17H28O2. The molecule has 1 unspecified atom stereocenters. The van der Waals surface area contributed by atoms with Gasteiger partial charge in [-0.25, -0.2) is 0 Å². The van der Waals surface area contributed by atoms with Gasteiger partial charge in [0.25, 0.3) is 0 Å². The molecule has 0 saturated heterocycles. The van der Waals surface area contributed by atoms with Crippen molar-refractivity contribution in [3.63, 3.8) is 0 Å². The Balaban J connectivity index is 3.57. The minimum atomic E-state index is -0.116. The van der Waals surface area contributed by atoms with Crippen molar-refractivity contribution in [3.05, 3.63) is 28.8 Å². The average molecular weight is 264 g/mol. The molecule has 0 radical (unpaired) electrons. The molecule has 1 aromatic rings. The Labute approximate surface area is 117 Å². The lowest BCUT2D eigenvalue weighted by Crippen LogP contribution is -2.18. The fourth-order valence-corrected chi connectivity index (χ4v) is 2.19. The maximum absolute atomic E-state index is 10.6. The van der Waals surface area contributed by atoms with Gasteiger partial charge in [-0.1, -0.05) is 60.6 Å². The van der Waals surface area contributed by atoms with Crippen molar-refractivity contribution in [3.8, 4) is 5.75 Å². The molecule has 0 bridgehead atoms. The molecule has 0 saturated carbocycles. The first-order valence-corrected chi connectivity index (χ1v) is 6.97. The second kappa shape index (κ2) is 5.16. The van der Waals surface area contributed by atoms with Crippen LogP contribution in [0.25, 0.3) is 0 Å².